The molecule has 0 spiro atoms. The number of hydrogen-bond donors (Lipinski definition) is 1. The van der Waals surface area contributed by atoms with Crippen LogP contribution in [0.5, 0.6) is 5.75 Å². The van der Waals surface area contributed by atoms with Crippen LogP contribution in [0.15, 0.2) is 85.2 Å². The van der Waals surface area contributed by atoms with E-state index in [0.29, 0.717) is 30.2 Å². The number of hydrogen-bond acceptors (Lipinski definition) is 3. The van der Waals surface area contributed by atoms with Crippen LogP contribution in [-0.4, -0.2) is 15.7 Å². The number of halogens is 1. The molecule has 3 aromatic carbocycles. The zero-order valence-electron chi connectivity index (χ0n) is 17.1. The normalized spacial score (nSPS) is 10.6. The highest BCUT2D eigenvalue weighted by Crippen LogP contribution is 2.15. The first-order valence-electron chi connectivity index (χ1n) is 9.92. The topological polar surface area (TPSA) is 56.2 Å². The molecule has 0 fully saturated rings. The van der Waals surface area contributed by atoms with Gasteiger partial charge in [-0.05, 0) is 60.0 Å². The number of nitrogens with one attached hydrogen (secondary N) is 1. The molecule has 31 heavy (non-hydrogen) atoms. The van der Waals surface area contributed by atoms with Crippen molar-refractivity contribution < 1.29 is 13.9 Å². The van der Waals surface area contributed by atoms with Gasteiger partial charge < -0.3 is 10.1 Å². The molecule has 156 valence electrons. The SMILES string of the molecule is Cc1ccccc1Cn1cc(NC(=O)c2ccc(COc3ccc(F)cc3)cc2)cn1. The molecule has 0 unspecified atom stereocenters. The summed E-state index contributed by atoms with van der Waals surface area (Å²) in [5.74, 6) is 0.0795. The van der Waals surface area contributed by atoms with Crippen LogP contribution in [0.4, 0.5) is 10.1 Å². The van der Waals surface area contributed by atoms with E-state index in [9.17, 15) is 9.18 Å². The van der Waals surface area contributed by atoms with Crippen molar-refractivity contribution in [2.24, 2.45) is 0 Å². The fraction of sp³-hybridized carbons (Fsp3) is 0.120. The number of anilines is 1. The molecule has 1 amide bonds. The predicted molar refractivity (Wildman–Crippen MR) is 118 cm³/mol. The maximum Gasteiger partial charge on any atom is 0.255 e. The number of rotatable bonds is 7. The van der Waals surface area contributed by atoms with E-state index < -0.39 is 0 Å². The van der Waals surface area contributed by atoms with E-state index in [4.69, 9.17) is 4.74 Å². The number of aryl methyl sites for hydroxylation is 1. The van der Waals surface area contributed by atoms with E-state index in [2.05, 4.69) is 29.5 Å². The standard InChI is InChI=1S/C25H22FN3O2/c1-18-4-2-3-5-21(18)15-29-16-23(14-27-29)28-25(30)20-8-6-19(7-9-20)17-31-24-12-10-22(26)11-13-24/h2-14,16H,15,17H2,1H3,(H,28,30). The highest BCUT2D eigenvalue weighted by molar-refractivity contribution is 6.04. The summed E-state index contributed by atoms with van der Waals surface area (Å²) >= 11 is 0. The quantitative estimate of drug-likeness (QED) is 0.451. The van der Waals surface area contributed by atoms with Gasteiger partial charge in [0.1, 0.15) is 18.2 Å². The second-order valence-electron chi connectivity index (χ2n) is 7.25. The van der Waals surface area contributed by atoms with Crippen molar-refractivity contribution in [3.63, 3.8) is 0 Å². The fourth-order valence-corrected chi connectivity index (χ4v) is 3.13. The van der Waals surface area contributed by atoms with E-state index >= 15 is 0 Å². The molecule has 0 atom stereocenters. The molecule has 1 aromatic heterocycles. The number of aromatic nitrogens is 2. The van der Waals surface area contributed by atoms with Gasteiger partial charge in [0.25, 0.3) is 5.91 Å². The third-order valence-electron chi connectivity index (χ3n) is 4.92. The summed E-state index contributed by atoms with van der Waals surface area (Å²) in [7, 11) is 0. The lowest BCUT2D eigenvalue weighted by atomic mass is 10.1. The highest BCUT2D eigenvalue weighted by atomic mass is 19.1. The van der Waals surface area contributed by atoms with E-state index in [1.165, 1.54) is 23.3 Å². The average Bonchev–Trinajstić information content (AvgIpc) is 3.22. The molecular weight excluding hydrogens is 393 g/mol. The minimum Gasteiger partial charge on any atom is -0.489 e. The van der Waals surface area contributed by atoms with Crippen molar-refractivity contribution in [2.75, 3.05) is 5.32 Å². The molecule has 5 nitrogen and oxygen atoms in total. The van der Waals surface area contributed by atoms with Gasteiger partial charge in [-0.1, -0.05) is 36.4 Å². The first kappa shape index (κ1) is 20.3. The molecule has 0 aliphatic heterocycles. The highest BCUT2D eigenvalue weighted by Gasteiger charge is 2.09. The minimum absolute atomic E-state index is 0.207. The van der Waals surface area contributed by atoms with Gasteiger partial charge in [-0.3, -0.25) is 9.48 Å². The third kappa shape index (κ3) is 5.36. The smallest absolute Gasteiger partial charge is 0.255 e. The molecule has 4 aromatic rings. The van der Waals surface area contributed by atoms with Crippen LogP contribution < -0.4 is 10.1 Å². The Morgan fingerprint density at radius 2 is 1.77 bits per heavy atom. The zero-order valence-corrected chi connectivity index (χ0v) is 17.1. The van der Waals surface area contributed by atoms with Gasteiger partial charge in [0, 0.05) is 11.8 Å². The van der Waals surface area contributed by atoms with Gasteiger partial charge in [-0.2, -0.15) is 5.10 Å². The van der Waals surface area contributed by atoms with E-state index in [1.54, 1.807) is 35.1 Å². The molecule has 0 aliphatic rings. The van der Waals surface area contributed by atoms with Crippen molar-refractivity contribution in [2.45, 2.75) is 20.1 Å². The maximum absolute atomic E-state index is 12.9. The van der Waals surface area contributed by atoms with E-state index in [-0.39, 0.29) is 11.7 Å². The van der Waals surface area contributed by atoms with E-state index in [0.717, 1.165) is 5.56 Å². The molecule has 1 N–H and O–H groups in total. The summed E-state index contributed by atoms with van der Waals surface area (Å²) in [5.41, 5.74) is 4.47. The summed E-state index contributed by atoms with van der Waals surface area (Å²) < 4.78 is 20.4. The predicted octanol–water partition coefficient (Wildman–Crippen LogP) is 5.21. The van der Waals surface area contributed by atoms with Crippen LogP contribution in [0.2, 0.25) is 0 Å². The number of ether oxygens (including phenoxy) is 1. The summed E-state index contributed by atoms with van der Waals surface area (Å²) in [6, 6.07) is 21.2. The van der Waals surface area contributed by atoms with Crippen molar-refractivity contribution in [1.82, 2.24) is 9.78 Å². The number of carbonyl (C=O) groups is 1. The van der Waals surface area contributed by atoms with Crippen LogP contribution in [0.1, 0.15) is 27.0 Å². The van der Waals surface area contributed by atoms with Crippen molar-refractivity contribution in [3.8, 4) is 5.75 Å². The van der Waals surface area contributed by atoms with Crippen LogP contribution in [0, 0.1) is 12.7 Å². The molecule has 0 saturated carbocycles. The monoisotopic (exact) mass is 415 g/mol. The van der Waals surface area contributed by atoms with Crippen LogP contribution in [-0.2, 0) is 13.2 Å². The number of carbonyl (C=O) groups excluding carboxylic acids is 1. The Hall–Kier alpha value is -3.93. The van der Waals surface area contributed by atoms with E-state index in [1.807, 2.05) is 30.5 Å². The van der Waals surface area contributed by atoms with Gasteiger partial charge in [-0.15, -0.1) is 0 Å². The molecule has 0 radical (unpaired) electrons. The first-order chi connectivity index (χ1) is 15.1. The second-order valence-corrected chi connectivity index (χ2v) is 7.25. The summed E-state index contributed by atoms with van der Waals surface area (Å²) in [6.45, 7) is 3.04. The lowest BCUT2D eigenvalue weighted by Crippen LogP contribution is -2.11. The Labute approximate surface area is 180 Å². The Kier molecular flexibility index (Phi) is 6.08. The van der Waals surface area contributed by atoms with Crippen LogP contribution >= 0.6 is 0 Å². The molecule has 1 heterocycles. The molecular formula is C25H22FN3O2. The molecule has 4 rings (SSSR count). The largest absolute Gasteiger partial charge is 0.489 e. The van der Waals surface area contributed by atoms with Crippen LogP contribution in [0.3, 0.4) is 0 Å². The summed E-state index contributed by atoms with van der Waals surface area (Å²) in [4.78, 5) is 12.5. The first-order valence-corrected chi connectivity index (χ1v) is 9.92. The van der Waals surface area contributed by atoms with Crippen molar-refractivity contribution in [3.05, 3.63) is 113 Å². The minimum atomic E-state index is -0.302. The third-order valence-corrected chi connectivity index (χ3v) is 4.92. The van der Waals surface area contributed by atoms with Crippen molar-refractivity contribution in [1.29, 1.82) is 0 Å². The Bertz CT molecular complexity index is 1170. The number of benzene rings is 3. The van der Waals surface area contributed by atoms with Crippen molar-refractivity contribution >= 4 is 11.6 Å². The van der Waals surface area contributed by atoms with Crippen LogP contribution in [0.25, 0.3) is 0 Å². The molecule has 0 aliphatic carbocycles. The molecule has 0 saturated heterocycles. The number of nitrogens with zero attached hydrogens (tertiary/aromatic N) is 2. The Morgan fingerprint density at radius 3 is 2.52 bits per heavy atom. The number of amides is 1. The van der Waals surface area contributed by atoms with Gasteiger partial charge in [0.15, 0.2) is 0 Å². The Morgan fingerprint density at radius 1 is 1.03 bits per heavy atom. The second kappa shape index (κ2) is 9.26. The lowest BCUT2D eigenvalue weighted by molar-refractivity contribution is 0.102. The lowest BCUT2D eigenvalue weighted by Gasteiger charge is -2.07. The van der Waals surface area contributed by atoms with Gasteiger partial charge in [-0.25, -0.2) is 4.39 Å². The summed E-state index contributed by atoms with van der Waals surface area (Å²) in [6.07, 6.45) is 3.45. The zero-order chi connectivity index (χ0) is 21.6. The molecule has 0 bridgehead atoms. The summed E-state index contributed by atoms with van der Waals surface area (Å²) in [5, 5.41) is 7.21. The van der Waals surface area contributed by atoms with Gasteiger partial charge >= 0.3 is 0 Å². The molecule has 6 heteroatoms. The fourth-order valence-electron chi connectivity index (χ4n) is 3.13. The van der Waals surface area contributed by atoms with Gasteiger partial charge in [0.2, 0.25) is 0 Å². The maximum atomic E-state index is 12.9. The average molecular weight is 415 g/mol. The Balaban J connectivity index is 1.33. The van der Waals surface area contributed by atoms with Gasteiger partial charge in [0.05, 0.1) is 18.4 Å².